The fourth-order valence-electron chi connectivity index (χ4n) is 7.54. The standard InChI is InChI=1S/C33H34F6N8O2/c1-15-12-47(17(3)19-6-4-8-42-28(19)41)29-22-27(44-31(45-29)48-14-32-7-5-9-46(32)13-18(34)11-32)25(36)26(43-30(22)49-15)20-10-21(40)24(35)16(2)23(20)33(37,38)39/h4,6,8,10,15,17-18H,5,7,9,11-14,40H2,1-3H3,(H2,41,42)/t15-,17-,18-,32+/m1/s1. The molecule has 16 heteroatoms. The van der Waals surface area contributed by atoms with Gasteiger partial charge in [-0.05, 0) is 57.9 Å². The Hall–Kier alpha value is -4.60. The van der Waals surface area contributed by atoms with Gasteiger partial charge >= 0.3 is 12.2 Å². The lowest BCUT2D eigenvalue weighted by atomic mass is 9.95. The molecule has 1 aromatic carbocycles. The molecular weight excluding hydrogens is 654 g/mol. The second kappa shape index (κ2) is 11.8. The quantitative estimate of drug-likeness (QED) is 0.180. The number of nitrogens with zero attached hydrogens (tertiary/aromatic N) is 6. The summed E-state index contributed by atoms with van der Waals surface area (Å²) < 4.78 is 102. The van der Waals surface area contributed by atoms with Gasteiger partial charge < -0.3 is 25.8 Å². The maximum absolute atomic E-state index is 16.9. The van der Waals surface area contributed by atoms with Crippen LogP contribution in [-0.2, 0) is 6.18 Å². The van der Waals surface area contributed by atoms with Crippen LogP contribution in [-0.4, -0.2) is 68.9 Å². The van der Waals surface area contributed by atoms with Crippen LogP contribution in [0.25, 0.3) is 22.2 Å². The lowest BCUT2D eigenvalue weighted by molar-refractivity contribution is -0.137. The van der Waals surface area contributed by atoms with Gasteiger partial charge in [-0.1, -0.05) is 6.07 Å². The molecule has 0 aliphatic carbocycles. The second-order valence-corrected chi connectivity index (χ2v) is 13.1. The summed E-state index contributed by atoms with van der Waals surface area (Å²) in [6.45, 7) is 5.61. The van der Waals surface area contributed by atoms with Crippen molar-refractivity contribution in [2.24, 2.45) is 0 Å². The van der Waals surface area contributed by atoms with Crippen molar-refractivity contribution in [1.82, 2.24) is 24.8 Å². The zero-order valence-corrected chi connectivity index (χ0v) is 26.9. The largest absolute Gasteiger partial charge is 0.472 e. The van der Waals surface area contributed by atoms with Crippen molar-refractivity contribution in [3.8, 4) is 23.1 Å². The number of fused-ring (bicyclic) bond motifs is 1. The molecule has 3 aliphatic heterocycles. The van der Waals surface area contributed by atoms with Crippen LogP contribution in [0, 0.1) is 18.6 Å². The lowest BCUT2D eigenvalue weighted by Crippen LogP contribution is -2.43. The predicted molar refractivity (Wildman–Crippen MR) is 170 cm³/mol. The van der Waals surface area contributed by atoms with E-state index in [0.29, 0.717) is 24.6 Å². The van der Waals surface area contributed by atoms with E-state index in [1.165, 1.54) is 0 Å². The summed E-state index contributed by atoms with van der Waals surface area (Å²) in [6, 6.07) is 3.41. The number of anilines is 3. The Labute approximate surface area is 277 Å². The van der Waals surface area contributed by atoms with E-state index in [2.05, 4.69) is 15.0 Å². The van der Waals surface area contributed by atoms with E-state index in [0.717, 1.165) is 13.3 Å². The molecule has 0 saturated carbocycles. The van der Waals surface area contributed by atoms with Crippen LogP contribution in [0.2, 0.25) is 0 Å². The lowest BCUT2D eigenvalue weighted by Gasteiger charge is -2.32. The third-order valence-electron chi connectivity index (χ3n) is 9.84. The molecule has 7 rings (SSSR count). The first-order valence-corrected chi connectivity index (χ1v) is 15.9. The first-order chi connectivity index (χ1) is 23.2. The number of alkyl halides is 4. The monoisotopic (exact) mass is 688 g/mol. The molecule has 0 bridgehead atoms. The molecule has 3 aliphatic rings. The van der Waals surface area contributed by atoms with Crippen molar-refractivity contribution in [2.45, 2.75) is 70.1 Å². The SMILES string of the molecule is Cc1c(F)c(N)cc(-c2nc3c4c(nc(OC[C@@]56CCCN5C[C@H](F)C6)nc4c2F)N([C@H](C)c2cccnc2N)C[C@@H](C)O3)c1C(F)(F)F. The molecule has 49 heavy (non-hydrogen) atoms. The summed E-state index contributed by atoms with van der Waals surface area (Å²) in [4.78, 5) is 21.3. The number of nitrogen functional groups attached to an aromatic ring is 2. The number of hydrogen-bond acceptors (Lipinski definition) is 10. The summed E-state index contributed by atoms with van der Waals surface area (Å²) >= 11 is 0. The van der Waals surface area contributed by atoms with Gasteiger partial charge in [-0.15, -0.1) is 0 Å². The van der Waals surface area contributed by atoms with Gasteiger partial charge in [-0.3, -0.25) is 4.90 Å². The van der Waals surface area contributed by atoms with Gasteiger partial charge in [-0.25, -0.2) is 23.1 Å². The van der Waals surface area contributed by atoms with E-state index in [1.54, 1.807) is 30.2 Å². The minimum atomic E-state index is -5.09. The highest BCUT2D eigenvalue weighted by atomic mass is 19.4. The maximum Gasteiger partial charge on any atom is 0.417 e. The molecule has 4 atom stereocenters. The number of rotatable bonds is 6. The van der Waals surface area contributed by atoms with Crippen molar-refractivity contribution in [2.75, 3.05) is 42.6 Å². The number of hydrogen-bond donors (Lipinski definition) is 2. The molecule has 0 radical (unpaired) electrons. The number of halogens is 6. The van der Waals surface area contributed by atoms with Gasteiger partial charge in [0.15, 0.2) is 5.82 Å². The molecule has 260 valence electrons. The number of nitrogens with two attached hydrogens (primary N) is 2. The first kappa shape index (κ1) is 32.9. The van der Waals surface area contributed by atoms with Crippen molar-refractivity contribution in [3.05, 3.63) is 52.7 Å². The van der Waals surface area contributed by atoms with Crippen LogP contribution in [0.4, 0.5) is 43.7 Å². The Morgan fingerprint density at radius 3 is 2.65 bits per heavy atom. The first-order valence-electron chi connectivity index (χ1n) is 15.9. The Morgan fingerprint density at radius 1 is 1.14 bits per heavy atom. The zero-order valence-electron chi connectivity index (χ0n) is 26.9. The highest BCUT2D eigenvalue weighted by Gasteiger charge is 2.49. The zero-order chi connectivity index (χ0) is 35.0. The van der Waals surface area contributed by atoms with Crippen LogP contribution in [0.5, 0.6) is 11.9 Å². The highest BCUT2D eigenvalue weighted by Crippen LogP contribution is 2.47. The van der Waals surface area contributed by atoms with E-state index >= 15 is 4.39 Å². The molecule has 4 aromatic rings. The molecule has 4 N–H and O–H groups in total. The van der Waals surface area contributed by atoms with Crippen LogP contribution in [0.1, 0.15) is 55.8 Å². The molecule has 0 spiro atoms. The minimum Gasteiger partial charge on any atom is -0.472 e. The average molecular weight is 689 g/mol. The third-order valence-corrected chi connectivity index (χ3v) is 9.84. The molecular formula is C33H34F6N8O2. The second-order valence-electron chi connectivity index (χ2n) is 13.1. The number of ether oxygens (including phenoxy) is 2. The Kier molecular flexibility index (Phi) is 7.91. The Morgan fingerprint density at radius 2 is 1.92 bits per heavy atom. The number of pyridine rings is 2. The van der Waals surface area contributed by atoms with Gasteiger partial charge in [0, 0.05) is 30.3 Å². The van der Waals surface area contributed by atoms with Crippen molar-refractivity contribution >= 4 is 28.2 Å². The average Bonchev–Trinajstić information content (AvgIpc) is 3.52. The third kappa shape index (κ3) is 5.49. The highest BCUT2D eigenvalue weighted by molar-refractivity contribution is 5.97. The van der Waals surface area contributed by atoms with Crippen LogP contribution in [0.3, 0.4) is 0 Å². The van der Waals surface area contributed by atoms with Crippen LogP contribution < -0.4 is 25.8 Å². The minimum absolute atomic E-state index is 0.00864. The maximum atomic E-state index is 16.9. The van der Waals surface area contributed by atoms with Gasteiger partial charge in [-0.2, -0.15) is 23.1 Å². The Balaban J connectivity index is 1.45. The van der Waals surface area contributed by atoms with E-state index in [9.17, 15) is 22.0 Å². The van der Waals surface area contributed by atoms with E-state index < -0.39 is 75.3 Å². The van der Waals surface area contributed by atoms with E-state index in [-0.39, 0.29) is 55.0 Å². The molecule has 2 saturated heterocycles. The summed E-state index contributed by atoms with van der Waals surface area (Å²) in [5.41, 5.74) is 7.15. The van der Waals surface area contributed by atoms with Crippen molar-refractivity contribution in [1.29, 1.82) is 0 Å². The van der Waals surface area contributed by atoms with Gasteiger partial charge in [0.2, 0.25) is 5.88 Å². The van der Waals surface area contributed by atoms with Crippen molar-refractivity contribution < 1.29 is 35.8 Å². The summed E-state index contributed by atoms with van der Waals surface area (Å²) in [6.07, 6.45) is -3.46. The van der Waals surface area contributed by atoms with Crippen molar-refractivity contribution in [3.63, 3.8) is 0 Å². The van der Waals surface area contributed by atoms with E-state index in [4.69, 9.17) is 25.9 Å². The molecule has 0 amide bonds. The number of benzene rings is 1. The normalized spacial score (nSPS) is 23.0. The smallest absolute Gasteiger partial charge is 0.417 e. The van der Waals surface area contributed by atoms with Gasteiger partial charge in [0.25, 0.3) is 0 Å². The van der Waals surface area contributed by atoms with Crippen LogP contribution in [0.15, 0.2) is 24.4 Å². The number of aromatic nitrogens is 4. The van der Waals surface area contributed by atoms with E-state index in [1.807, 2.05) is 11.8 Å². The van der Waals surface area contributed by atoms with Gasteiger partial charge in [0.05, 0.1) is 29.4 Å². The summed E-state index contributed by atoms with van der Waals surface area (Å²) in [5, 5.41) is -0.0158. The summed E-state index contributed by atoms with van der Waals surface area (Å²) in [5.74, 6) is -2.38. The van der Waals surface area contributed by atoms with Crippen LogP contribution >= 0.6 is 0 Å². The topological polar surface area (TPSA) is 129 Å². The summed E-state index contributed by atoms with van der Waals surface area (Å²) in [7, 11) is 0. The fraction of sp³-hybridized carbons (Fsp3) is 0.455. The fourth-order valence-corrected chi connectivity index (χ4v) is 7.54. The Bertz CT molecular complexity index is 1960. The molecule has 3 aromatic heterocycles. The van der Waals surface area contributed by atoms with Gasteiger partial charge in [0.1, 0.15) is 52.9 Å². The molecule has 6 heterocycles. The molecule has 10 nitrogen and oxygen atoms in total. The molecule has 0 unspecified atom stereocenters. The predicted octanol–water partition coefficient (Wildman–Crippen LogP) is 6.16. The molecule has 2 fully saturated rings.